The lowest BCUT2D eigenvalue weighted by Gasteiger charge is -2.39. The maximum absolute atomic E-state index is 5.87. The molecule has 0 saturated heterocycles. The van der Waals surface area contributed by atoms with E-state index in [0.717, 1.165) is 26.2 Å². The van der Waals surface area contributed by atoms with Gasteiger partial charge in [0.05, 0.1) is 17.3 Å². The number of nitrogens with two attached hydrogens (primary N) is 1. The third kappa shape index (κ3) is 2.29. The highest BCUT2D eigenvalue weighted by Crippen LogP contribution is 2.42. The van der Waals surface area contributed by atoms with Gasteiger partial charge >= 0.3 is 0 Å². The summed E-state index contributed by atoms with van der Waals surface area (Å²) in [7, 11) is 0. The number of hydrogen-bond acceptors (Lipinski definition) is 4. The highest BCUT2D eigenvalue weighted by Gasteiger charge is 2.39. The SMILES string of the molecule is CCOCCc1nc(C2(CN)CCC2)cs1. The van der Waals surface area contributed by atoms with Crippen LogP contribution in [0.3, 0.4) is 0 Å². The summed E-state index contributed by atoms with van der Waals surface area (Å²) in [4.78, 5) is 4.71. The summed E-state index contributed by atoms with van der Waals surface area (Å²) in [5.41, 5.74) is 7.30. The summed E-state index contributed by atoms with van der Waals surface area (Å²) in [6.07, 6.45) is 4.64. The van der Waals surface area contributed by atoms with Crippen molar-refractivity contribution < 1.29 is 4.74 Å². The molecule has 2 N–H and O–H groups in total. The molecule has 1 aliphatic rings. The Hall–Kier alpha value is -0.450. The van der Waals surface area contributed by atoms with Crippen molar-refractivity contribution in [3.8, 4) is 0 Å². The second-order valence-electron chi connectivity index (χ2n) is 4.41. The van der Waals surface area contributed by atoms with E-state index in [1.54, 1.807) is 11.3 Å². The number of aromatic nitrogens is 1. The predicted octanol–water partition coefficient (Wildman–Crippen LogP) is 2.10. The molecule has 0 spiro atoms. The van der Waals surface area contributed by atoms with Gasteiger partial charge in [0.15, 0.2) is 0 Å². The van der Waals surface area contributed by atoms with E-state index in [9.17, 15) is 0 Å². The molecule has 1 fully saturated rings. The van der Waals surface area contributed by atoms with Gasteiger partial charge in [-0.15, -0.1) is 11.3 Å². The van der Waals surface area contributed by atoms with E-state index in [2.05, 4.69) is 5.38 Å². The van der Waals surface area contributed by atoms with Crippen LogP contribution in [0.1, 0.15) is 36.9 Å². The zero-order valence-corrected chi connectivity index (χ0v) is 10.7. The zero-order chi connectivity index (χ0) is 11.4. The van der Waals surface area contributed by atoms with E-state index in [4.69, 9.17) is 15.5 Å². The van der Waals surface area contributed by atoms with Crippen molar-refractivity contribution in [2.45, 2.75) is 38.0 Å². The Morgan fingerprint density at radius 2 is 2.38 bits per heavy atom. The summed E-state index contributed by atoms with van der Waals surface area (Å²) in [5, 5.41) is 3.37. The highest BCUT2D eigenvalue weighted by atomic mass is 32.1. The molecular weight excluding hydrogens is 220 g/mol. The summed E-state index contributed by atoms with van der Waals surface area (Å²) in [6, 6.07) is 0. The number of hydrogen-bond donors (Lipinski definition) is 1. The van der Waals surface area contributed by atoms with Crippen molar-refractivity contribution in [3.05, 3.63) is 16.1 Å². The molecule has 0 radical (unpaired) electrons. The van der Waals surface area contributed by atoms with E-state index in [-0.39, 0.29) is 5.41 Å². The zero-order valence-electron chi connectivity index (χ0n) is 9.87. The average Bonchev–Trinajstić information content (AvgIpc) is 2.67. The van der Waals surface area contributed by atoms with E-state index in [1.165, 1.54) is 30.0 Å². The highest BCUT2D eigenvalue weighted by molar-refractivity contribution is 7.09. The van der Waals surface area contributed by atoms with Crippen LogP contribution in [0.25, 0.3) is 0 Å². The predicted molar refractivity (Wildman–Crippen MR) is 66.9 cm³/mol. The van der Waals surface area contributed by atoms with Crippen LogP contribution in [-0.4, -0.2) is 24.7 Å². The van der Waals surface area contributed by atoms with Gasteiger partial charge in [-0.25, -0.2) is 4.98 Å². The first-order chi connectivity index (χ1) is 7.80. The van der Waals surface area contributed by atoms with Crippen molar-refractivity contribution in [1.29, 1.82) is 0 Å². The van der Waals surface area contributed by atoms with E-state index >= 15 is 0 Å². The van der Waals surface area contributed by atoms with Crippen molar-refractivity contribution in [2.75, 3.05) is 19.8 Å². The molecule has 1 saturated carbocycles. The maximum Gasteiger partial charge on any atom is 0.0951 e. The Bertz CT molecular complexity index is 328. The number of nitrogens with zero attached hydrogens (tertiary/aromatic N) is 1. The summed E-state index contributed by atoms with van der Waals surface area (Å²) in [5.74, 6) is 0. The molecule has 16 heavy (non-hydrogen) atoms. The van der Waals surface area contributed by atoms with Gasteiger partial charge in [-0.3, -0.25) is 0 Å². The standard InChI is InChI=1S/C12H20N2OS/c1-2-15-7-4-11-14-10(8-16-11)12(9-13)5-3-6-12/h8H,2-7,9,13H2,1H3. The fourth-order valence-corrected chi connectivity index (χ4v) is 3.04. The second-order valence-corrected chi connectivity index (χ2v) is 5.35. The van der Waals surface area contributed by atoms with Crippen LogP contribution in [-0.2, 0) is 16.6 Å². The van der Waals surface area contributed by atoms with Crippen LogP contribution in [0.4, 0.5) is 0 Å². The molecule has 1 aliphatic carbocycles. The topological polar surface area (TPSA) is 48.1 Å². The van der Waals surface area contributed by atoms with Gasteiger partial charge in [-0.05, 0) is 19.8 Å². The van der Waals surface area contributed by atoms with E-state index < -0.39 is 0 Å². The third-order valence-electron chi connectivity index (χ3n) is 3.46. The summed E-state index contributed by atoms with van der Waals surface area (Å²) < 4.78 is 5.34. The first kappa shape index (κ1) is 12.0. The largest absolute Gasteiger partial charge is 0.381 e. The second kappa shape index (κ2) is 5.25. The van der Waals surface area contributed by atoms with Crippen molar-refractivity contribution in [1.82, 2.24) is 4.98 Å². The van der Waals surface area contributed by atoms with Gasteiger partial charge in [-0.2, -0.15) is 0 Å². The molecule has 2 rings (SSSR count). The Balaban J connectivity index is 1.96. The molecule has 0 aliphatic heterocycles. The van der Waals surface area contributed by atoms with Crippen LogP contribution in [0.5, 0.6) is 0 Å². The Morgan fingerprint density at radius 1 is 1.56 bits per heavy atom. The molecule has 0 atom stereocenters. The third-order valence-corrected chi connectivity index (χ3v) is 4.37. The number of rotatable bonds is 6. The smallest absolute Gasteiger partial charge is 0.0951 e. The van der Waals surface area contributed by atoms with Crippen LogP contribution < -0.4 is 5.73 Å². The van der Waals surface area contributed by atoms with Crippen molar-refractivity contribution >= 4 is 11.3 Å². The lowest BCUT2D eigenvalue weighted by molar-refractivity contribution is 0.150. The fourth-order valence-electron chi connectivity index (χ4n) is 2.14. The minimum absolute atomic E-state index is 0.209. The van der Waals surface area contributed by atoms with Crippen LogP contribution in [0, 0.1) is 0 Å². The first-order valence-corrected chi connectivity index (χ1v) is 6.91. The average molecular weight is 240 g/mol. The lowest BCUT2D eigenvalue weighted by Crippen LogP contribution is -2.41. The monoisotopic (exact) mass is 240 g/mol. The Morgan fingerprint density at radius 3 is 2.94 bits per heavy atom. The molecule has 3 nitrogen and oxygen atoms in total. The first-order valence-electron chi connectivity index (χ1n) is 6.03. The molecule has 90 valence electrons. The normalized spacial score (nSPS) is 18.4. The molecular formula is C12H20N2OS. The van der Waals surface area contributed by atoms with Crippen molar-refractivity contribution in [2.24, 2.45) is 5.73 Å². The molecule has 1 aromatic heterocycles. The summed E-state index contributed by atoms with van der Waals surface area (Å²) in [6.45, 7) is 4.32. The minimum atomic E-state index is 0.209. The Kier molecular flexibility index (Phi) is 3.95. The number of ether oxygens (including phenoxy) is 1. The van der Waals surface area contributed by atoms with Gasteiger partial charge in [0, 0.05) is 30.4 Å². The van der Waals surface area contributed by atoms with Crippen LogP contribution in [0.2, 0.25) is 0 Å². The van der Waals surface area contributed by atoms with Gasteiger partial charge < -0.3 is 10.5 Å². The van der Waals surface area contributed by atoms with E-state index in [0.29, 0.717) is 0 Å². The maximum atomic E-state index is 5.87. The minimum Gasteiger partial charge on any atom is -0.381 e. The number of thiazole rings is 1. The Labute approximate surface area is 101 Å². The van der Waals surface area contributed by atoms with Gasteiger partial charge in [-0.1, -0.05) is 6.42 Å². The summed E-state index contributed by atoms with van der Waals surface area (Å²) >= 11 is 1.74. The molecule has 0 bridgehead atoms. The molecule has 1 aromatic rings. The van der Waals surface area contributed by atoms with Gasteiger partial charge in [0.1, 0.15) is 0 Å². The van der Waals surface area contributed by atoms with E-state index in [1.807, 2.05) is 6.92 Å². The lowest BCUT2D eigenvalue weighted by atomic mass is 9.67. The molecule has 0 unspecified atom stereocenters. The van der Waals surface area contributed by atoms with Gasteiger partial charge in [0.2, 0.25) is 0 Å². The molecule has 1 heterocycles. The molecule has 4 heteroatoms. The quantitative estimate of drug-likeness (QED) is 0.775. The molecule has 0 amide bonds. The van der Waals surface area contributed by atoms with Crippen molar-refractivity contribution in [3.63, 3.8) is 0 Å². The fraction of sp³-hybridized carbons (Fsp3) is 0.750. The molecule has 0 aromatic carbocycles. The van der Waals surface area contributed by atoms with Crippen LogP contribution in [0.15, 0.2) is 5.38 Å². The van der Waals surface area contributed by atoms with Crippen LogP contribution >= 0.6 is 11.3 Å². The van der Waals surface area contributed by atoms with Gasteiger partial charge in [0.25, 0.3) is 0 Å².